The van der Waals surface area contributed by atoms with Crippen molar-refractivity contribution in [1.29, 1.82) is 0 Å². The third-order valence-corrected chi connectivity index (χ3v) is 4.06. The third kappa shape index (κ3) is 3.18. The Morgan fingerprint density at radius 2 is 2.10 bits per heavy atom. The third-order valence-electron chi connectivity index (χ3n) is 4.06. The van der Waals surface area contributed by atoms with Gasteiger partial charge in [-0.15, -0.1) is 0 Å². The molecule has 0 aromatic carbocycles. The normalized spacial score (nSPS) is 25.6. The van der Waals surface area contributed by atoms with E-state index in [1.807, 2.05) is 0 Å². The van der Waals surface area contributed by atoms with Crippen molar-refractivity contribution in [3.63, 3.8) is 0 Å². The second-order valence-corrected chi connectivity index (χ2v) is 6.75. The van der Waals surface area contributed by atoms with E-state index < -0.39 is 0 Å². The minimum Gasteiger partial charge on any atom is -0.369 e. The second kappa shape index (κ2) is 5.41. The summed E-state index contributed by atoms with van der Waals surface area (Å²) < 4.78 is 19.7. The molecular formula is C16H25FN2O. The molecule has 2 atom stereocenters. The van der Waals surface area contributed by atoms with Gasteiger partial charge in [0.1, 0.15) is 5.82 Å². The SMILES string of the molecule is CCNC(c1cncc(F)c1)C1CC(C)(C)OC1(C)C. The lowest BCUT2D eigenvalue weighted by molar-refractivity contribution is -0.0778. The van der Waals surface area contributed by atoms with Crippen molar-refractivity contribution < 1.29 is 9.13 Å². The van der Waals surface area contributed by atoms with Crippen LogP contribution in [0.5, 0.6) is 0 Å². The van der Waals surface area contributed by atoms with Gasteiger partial charge in [-0.3, -0.25) is 4.98 Å². The maximum atomic E-state index is 13.5. The Labute approximate surface area is 120 Å². The number of rotatable bonds is 4. The van der Waals surface area contributed by atoms with Gasteiger partial charge in [0.25, 0.3) is 0 Å². The van der Waals surface area contributed by atoms with E-state index in [1.54, 1.807) is 12.3 Å². The van der Waals surface area contributed by atoms with Crippen molar-refractivity contribution in [2.75, 3.05) is 6.54 Å². The molecule has 1 aromatic rings. The summed E-state index contributed by atoms with van der Waals surface area (Å²) in [5.74, 6) is -0.0116. The van der Waals surface area contributed by atoms with Gasteiger partial charge >= 0.3 is 0 Å². The van der Waals surface area contributed by atoms with Gasteiger partial charge in [0.05, 0.1) is 17.4 Å². The first kappa shape index (κ1) is 15.4. The van der Waals surface area contributed by atoms with E-state index >= 15 is 0 Å². The molecule has 2 unspecified atom stereocenters. The number of nitrogens with zero attached hydrogens (tertiary/aromatic N) is 1. The van der Waals surface area contributed by atoms with E-state index in [1.165, 1.54) is 6.20 Å². The van der Waals surface area contributed by atoms with E-state index in [2.05, 4.69) is 44.9 Å². The second-order valence-electron chi connectivity index (χ2n) is 6.75. The number of pyridine rings is 1. The van der Waals surface area contributed by atoms with Crippen LogP contribution in [0.1, 0.15) is 52.6 Å². The highest BCUT2D eigenvalue weighted by molar-refractivity contribution is 5.19. The molecular weight excluding hydrogens is 255 g/mol. The Morgan fingerprint density at radius 3 is 2.60 bits per heavy atom. The van der Waals surface area contributed by atoms with Crippen LogP contribution < -0.4 is 5.32 Å². The predicted octanol–water partition coefficient (Wildman–Crippen LogP) is 3.47. The molecule has 0 aliphatic carbocycles. The van der Waals surface area contributed by atoms with Crippen molar-refractivity contribution in [1.82, 2.24) is 10.3 Å². The molecule has 20 heavy (non-hydrogen) atoms. The average molecular weight is 280 g/mol. The zero-order valence-corrected chi connectivity index (χ0v) is 13.0. The first-order valence-corrected chi connectivity index (χ1v) is 7.29. The first-order valence-electron chi connectivity index (χ1n) is 7.29. The molecule has 0 spiro atoms. The number of hydrogen-bond donors (Lipinski definition) is 1. The van der Waals surface area contributed by atoms with Crippen molar-refractivity contribution in [3.8, 4) is 0 Å². The lowest BCUT2D eigenvalue weighted by atomic mass is 9.79. The van der Waals surface area contributed by atoms with Crippen LogP contribution in [0.4, 0.5) is 4.39 Å². The summed E-state index contributed by atoms with van der Waals surface area (Å²) in [5.41, 5.74) is 0.497. The summed E-state index contributed by atoms with van der Waals surface area (Å²) in [7, 11) is 0. The standard InChI is InChI=1S/C16H25FN2O/c1-6-19-14(11-7-12(17)10-18-9-11)13-8-15(2,3)20-16(13,4)5/h7,9-10,13-14,19H,6,8H2,1-5H3. The van der Waals surface area contributed by atoms with Crippen LogP contribution in [0.2, 0.25) is 0 Å². The van der Waals surface area contributed by atoms with Crippen LogP contribution in [0.15, 0.2) is 18.5 Å². The highest BCUT2D eigenvalue weighted by atomic mass is 19.1. The zero-order valence-electron chi connectivity index (χ0n) is 13.0. The van der Waals surface area contributed by atoms with Gasteiger partial charge in [0.15, 0.2) is 0 Å². The maximum Gasteiger partial charge on any atom is 0.141 e. The van der Waals surface area contributed by atoms with Gasteiger partial charge in [-0.25, -0.2) is 4.39 Å². The summed E-state index contributed by atoms with van der Waals surface area (Å²) in [6.45, 7) is 11.3. The maximum absolute atomic E-state index is 13.5. The van der Waals surface area contributed by atoms with Gasteiger partial charge < -0.3 is 10.1 Å². The minimum atomic E-state index is -0.290. The van der Waals surface area contributed by atoms with Crippen LogP contribution in [-0.4, -0.2) is 22.7 Å². The van der Waals surface area contributed by atoms with E-state index in [-0.39, 0.29) is 29.0 Å². The molecule has 0 amide bonds. The van der Waals surface area contributed by atoms with E-state index in [0.717, 1.165) is 18.5 Å². The van der Waals surface area contributed by atoms with Gasteiger partial charge in [-0.05, 0) is 52.3 Å². The van der Waals surface area contributed by atoms with Crippen LogP contribution in [0.25, 0.3) is 0 Å². The molecule has 1 aliphatic heterocycles. The summed E-state index contributed by atoms with van der Waals surface area (Å²) in [5, 5.41) is 3.47. The van der Waals surface area contributed by atoms with Gasteiger partial charge in [-0.1, -0.05) is 6.92 Å². The Balaban J connectivity index is 2.34. The number of aromatic nitrogens is 1. The highest BCUT2D eigenvalue weighted by Crippen LogP contribution is 2.47. The number of ether oxygens (including phenoxy) is 1. The Hall–Kier alpha value is -1.00. The van der Waals surface area contributed by atoms with Crippen LogP contribution in [0.3, 0.4) is 0 Å². The number of halogens is 1. The first-order chi connectivity index (χ1) is 9.25. The summed E-state index contributed by atoms with van der Waals surface area (Å²) in [6.07, 6.45) is 3.93. The van der Waals surface area contributed by atoms with Crippen molar-refractivity contribution >= 4 is 0 Å². The van der Waals surface area contributed by atoms with Crippen LogP contribution in [-0.2, 0) is 4.74 Å². The molecule has 112 valence electrons. The van der Waals surface area contributed by atoms with Crippen molar-refractivity contribution in [2.24, 2.45) is 5.92 Å². The fourth-order valence-electron chi connectivity index (χ4n) is 3.43. The van der Waals surface area contributed by atoms with E-state index in [0.29, 0.717) is 0 Å². The fourth-order valence-corrected chi connectivity index (χ4v) is 3.43. The lowest BCUT2D eigenvalue weighted by Gasteiger charge is -2.33. The molecule has 1 fully saturated rings. The number of hydrogen-bond acceptors (Lipinski definition) is 3. The molecule has 1 saturated heterocycles. The Morgan fingerprint density at radius 1 is 1.40 bits per heavy atom. The fraction of sp³-hybridized carbons (Fsp3) is 0.688. The minimum absolute atomic E-state index is 0.0555. The van der Waals surface area contributed by atoms with E-state index in [9.17, 15) is 4.39 Å². The van der Waals surface area contributed by atoms with Crippen molar-refractivity contribution in [3.05, 3.63) is 29.8 Å². The smallest absolute Gasteiger partial charge is 0.141 e. The monoisotopic (exact) mass is 280 g/mol. The summed E-state index contributed by atoms with van der Waals surface area (Å²) in [6, 6.07) is 1.63. The molecule has 1 aliphatic rings. The summed E-state index contributed by atoms with van der Waals surface area (Å²) in [4.78, 5) is 3.99. The molecule has 0 bridgehead atoms. The molecule has 3 nitrogen and oxygen atoms in total. The molecule has 1 N–H and O–H groups in total. The van der Waals surface area contributed by atoms with Gasteiger partial charge in [-0.2, -0.15) is 0 Å². The van der Waals surface area contributed by atoms with Gasteiger partial charge in [0.2, 0.25) is 0 Å². The lowest BCUT2D eigenvalue weighted by Crippen LogP contribution is -2.38. The average Bonchev–Trinajstić information content (AvgIpc) is 2.54. The zero-order chi connectivity index (χ0) is 15.0. The summed E-state index contributed by atoms with van der Waals surface area (Å²) >= 11 is 0. The molecule has 0 saturated carbocycles. The molecule has 0 radical (unpaired) electrons. The Bertz CT molecular complexity index is 473. The van der Waals surface area contributed by atoms with Gasteiger partial charge in [0, 0.05) is 18.2 Å². The van der Waals surface area contributed by atoms with Crippen LogP contribution in [0, 0.1) is 11.7 Å². The van der Waals surface area contributed by atoms with Crippen LogP contribution >= 0.6 is 0 Å². The molecule has 4 heteroatoms. The highest BCUT2D eigenvalue weighted by Gasteiger charge is 2.49. The van der Waals surface area contributed by atoms with E-state index in [4.69, 9.17) is 4.74 Å². The number of nitrogens with one attached hydrogen (secondary N) is 1. The molecule has 1 aromatic heterocycles. The quantitative estimate of drug-likeness (QED) is 0.917. The molecule has 2 rings (SSSR count). The predicted molar refractivity (Wildman–Crippen MR) is 78.0 cm³/mol. The molecule has 2 heterocycles. The largest absolute Gasteiger partial charge is 0.369 e. The van der Waals surface area contributed by atoms with Crippen molar-refractivity contribution in [2.45, 2.75) is 58.3 Å². The topological polar surface area (TPSA) is 34.2 Å². The Kier molecular flexibility index (Phi) is 4.17.